The Morgan fingerprint density at radius 2 is 1.31 bits per heavy atom. The molecule has 2 aliphatic rings. The molecule has 2 fully saturated rings. The van der Waals surface area contributed by atoms with Crippen molar-refractivity contribution >= 4 is 27.9 Å². The van der Waals surface area contributed by atoms with Crippen molar-refractivity contribution in [2.24, 2.45) is 0 Å². The van der Waals surface area contributed by atoms with Gasteiger partial charge in [0.2, 0.25) is 0 Å². The van der Waals surface area contributed by atoms with Crippen molar-refractivity contribution in [3.8, 4) is 0 Å². The molecule has 0 bridgehead atoms. The van der Waals surface area contributed by atoms with E-state index in [1.807, 2.05) is 6.92 Å². The van der Waals surface area contributed by atoms with E-state index in [2.05, 4.69) is 15.9 Å². The van der Waals surface area contributed by atoms with E-state index < -0.39 is 72.1 Å². The van der Waals surface area contributed by atoms with Gasteiger partial charge in [0.1, 0.15) is 35.5 Å². The zero-order chi connectivity index (χ0) is 24.0. The molecule has 1 unspecified atom stereocenters. The zero-order valence-corrected chi connectivity index (χ0v) is 20.9. The Labute approximate surface area is 196 Å². The highest BCUT2D eigenvalue weighted by Gasteiger charge is 2.54. The minimum absolute atomic E-state index is 0.0824. The van der Waals surface area contributed by atoms with Gasteiger partial charge in [-0.25, -0.2) is 0 Å². The number of carbonyl (C=O) groups excluding carboxylic acids is 2. The molecular formula is C20H33BrO11. The summed E-state index contributed by atoms with van der Waals surface area (Å²) in [5, 5.41) is -0.412. The molecular weight excluding hydrogens is 496 g/mol. The number of halogens is 1. The van der Waals surface area contributed by atoms with Gasteiger partial charge in [0.25, 0.3) is 0 Å². The van der Waals surface area contributed by atoms with Gasteiger partial charge in [-0.1, -0.05) is 15.9 Å². The van der Waals surface area contributed by atoms with Crippen molar-refractivity contribution in [3.63, 3.8) is 0 Å². The number of rotatable bonds is 9. The van der Waals surface area contributed by atoms with Crippen LogP contribution in [0.5, 0.6) is 0 Å². The van der Waals surface area contributed by atoms with Crippen LogP contribution in [-0.4, -0.2) is 107 Å². The number of hydrogen-bond acceptors (Lipinski definition) is 11. The Bertz CT molecular complexity index is 620. The third-order valence-corrected chi connectivity index (χ3v) is 6.08. The molecule has 186 valence electrons. The van der Waals surface area contributed by atoms with Gasteiger partial charge in [0.15, 0.2) is 18.5 Å². The van der Waals surface area contributed by atoms with E-state index in [1.54, 1.807) is 14.2 Å². The first-order valence-corrected chi connectivity index (χ1v) is 11.1. The van der Waals surface area contributed by atoms with Crippen LogP contribution in [-0.2, 0) is 52.2 Å². The average molecular weight is 529 g/mol. The molecule has 0 amide bonds. The van der Waals surface area contributed by atoms with Crippen molar-refractivity contribution in [2.75, 3.05) is 35.0 Å². The van der Waals surface area contributed by atoms with Crippen molar-refractivity contribution < 1.29 is 52.2 Å². The first kappa shape index (κ1) is 27.4. The Kier molecular flexibility index (Phi) is 10.7. The Morgan fingerprint density at radius 1 is 0.781 bits per heavy atom. The number of alkyl halides is 1. The van der Waals surface area contributed by atoms with Crippen LogP contribution in [0.3, 0.4) is 0 Å². The largest absolute Gasteiger partial charge is 0.457 e. The van der Waals surface area contributed by atoms with Crippen LogP contribution >= 0.6 is 15.9 Å². The van der Waals surface area contributed by atoms with E-state index in [1.165, 1.54) is 28.1 Å². The zero-order valence-electron chi connectivity index (χ0n) is 19.3. The van der Waals surface area contributed by atoms with Gasteiger partial charge in [-0.3, -0.25) is 9.59 Å². The molecule has 11 nitrogen and oxygen atoms in total. The predicted molar refractivity (Wildman–Crippen MR) is 112 cm³/mol. The summed E-state index contributed by atoms with van der Waals surface area (Å²) >= 11 is 3.45. The van der Waals surface area contributed by atoms with E-state index in [0.29, 0.717) is 0 Å². The van der Waals surface area contributed by atoms with Crippen LogP contribution in [0.1, 0.15) is 20.8 Å². The van der Waals surface area contributed by atoms with Crippen LogP contribution in [0.4, 0.5) is 0 Å². The molecule has 12 heteroatoms. The third kappa shape index (κ3) is 6.38. The molecule has 2 heterocycles. The number of methoxy groups -OCH3 is 4. The van der Waals surface area contributed by atoms with Gasteiger partial charge < -0.3 is 42.6 Å². The fraction of sp³-hybridized carbons (Fsp3) is 0.900. The minimum Gasteiger partial charge on any atom is -0.457 e. The van der Waals surface area contributed by atoms with Crippen LogP contribution in [0.25, 0.3) is 0 Å². The van der Waals surface area contributed by atoms with E-state index >= 15 is 0 Å². The minimum atomic E-state index is -1.09. The molecule has 2 saturated heterocycles. The fourth-order valence-corrected chi connectivity index (χ4v) is 4.88. The summed E-state index contributed by atoms with van der Waals surface area (Å²) in [4.78, 5) is 23.6. The third-order valence-electron chi connectivity index (χ3n) is 5.35. The molecule has 0 aliphatic carbocycles. The van der Waals surface area contributed by atoms with Gasteiger partial charge in [-0.2, -0.15) is 0 Å². The van der Waals surface area contributed by atoms with Gasteiger partial charge in [-0.15, -0.1) is 0 Å². The van der Waals surface area contributed by atoms with Crippen molar-refractivity contribution in [1.29, 1.82) is 0 Å². The molecule has 0 spiro atoms. The second-order valence-electron chi connectivity index (χ2n) is 7.54. The fourth-order valence-electron chi connectivity index (χ4n) is 4.02. The van der Waals surface area contributed by atoms with Gasteiger partial charge >= 0.3 is 11.9 Å². The van der Waals surface area contributed by atoms with Crippen LogP contribution in [0.15, 0.2) is 0 Å². The van der Waals surface area contributed by atoms with Crippen LogP contribution < -0.4 is 0 Å². The normalized spacial score (nSPS) is 40.0. The maximum absolute atomic E-state index is 11.9. The van der Waals surface area contributed by atoms with Crippen molar-refractivity contribution in [2.45, 2.75) is 80.9 Å². The van der Waals surface area contributed by atoms with Crippen molar-refractivity contribution in [3.05, 3.63) is 0 Å². The number of carbonyl (C=O) groups is 2. The number of ether oxygens (including phenoxy) is 9. The molecule has 0 aromatic carbocycles. The maximum Gasteiger partial charge on any atom is 0.303 e. The molecule has 32 heavy (non-hydrogen) atoms. The van der Waals surface area contributed by atoms with Crippen LogP contribution in [0, 0.1) is 0 Å². The monoisotopic (exact) mass is 528 g/mol. The molecule has 0 aromatic heterocycles. The van der Waals surface area contributed by atoms with Crippen LogP contribution in [0.2, 0.25) is 0 Å². The number of hydrogen-bond donors (Lipinski definition) is 0. The quantitative estimate of drug-likeness (QED) is 0.312. The molecule has 0 N–H and O–H groups in total. The summed E-state index contributed by atoms with van der Waals surface area (Å²) in [6.07, 6.45) is -6.70. The summed E-state index contributed by atoms with van der Waals surface area (Å²) in [5.41, 5.74) is 0. The standard InChI is InChI=1S/C20H33BrO11/c1-9-13(15(25-5)17(27-7)19(21)28-9)32-20-18(30-11(3)23)16(26-6)14(29-10(2)22)12(31-20)8-24-4/h9,12-20H,8H2,1-7H3/t9-,12+,13-,14+,15+,16-,17+,18+,19?,20-/m0/s1. The summed E-state index contributed by atoms with van der Waals surface area (Å²) in [7, 11) is 5.99. The Morgan fingerprint density at radius 3 is 1.81 bits per heavy atom. The number of esters is 2. The lowest BCUT2D eigenvalue weighted by Crippen LogP contribution is -2.65. The Balaban J connectivity index is 2.37. The molecule has 0 saturated carbocycles. The highest BCUT2D eigenvalue weighted by molar-refractivity contribution is 9.09. The predicted octanol–water partition coefficient (Wildman–Crippen LogP) is 0.791. The molecule has 10 atom stereocenters. The Hall–Kier alpha value is -0.860. The first-order valence-electron chi connectivity index (χ1n) is 10.2. The highest BCUT2D eigenvalue weighted by atomic mass is 79.9. The summed E-state index contributed by atoms with van der Waals surface area (Å²) < 4.78 is 51.2. The summed E-state index contributed by atoms with van der Waals surface area (Å²) in [5.74, 6) is -1.12. The van der Waals surface area contributed by atoms with E-state index in [4.69, 9.17) is 42.6 Å². The molecule has 2 rings (SSSR count). The van der Waals surface area contributed by atoms with Crippen molar-refractivity contribution in [1.82, 2.24) is 0 Å². The smallest absolute Gasteiger partial charge is 0.303 e. The highest BCUT2D eigenvalue weighted by Crippen LogP contribution is 2.35. The summed E-state index contributed by atoms with van der Waals surface area (Å²) in [6.45, 7) is 4.43. The lowest BCUT2D eigenvalue weighted by molar-refractivity contribution is -0.341. The lowest BCUT2D eigenvalue weighted by Gasteiger charge is -2.48. The van der Waals surface area contributed by atoms with E-state index in [0.717, 1.165) is 0 Å². The maximum atomic E-state index is 11.9. The molecule has 2 aliphatic heterocycles. The van der Waals surface area contributed by atoms with E-state index in [9.17, 15) is 9.59 Å². The van der Waals surface area contributed by atoms with E-state index in [-0.39, 0.29) is 6.61 Å². The second kappa shape index (κ2) is 12.6. The molecule has 0 aromatic rings. The van der Waals surface area contributed by atoms with Gasteiger partial charge in [-0.05, 0) is 6.92 Å². The first-order chi connectivity index (χ1) is 15.2. The molecule has 0 radical (unpaired) electrons. The SMILES string of the molecule is COC[C@H]1O[C@@H](O[C@@H]2[C@@H](OC)[C@@H](OC)C(Br)O[C@H]2C)[C@H](OC(C)=O)[C@@H](OC)[C@@H]1OC(C)=O. The average Bonchev–Trinajstić information content (AvgIpc) is 2.71. The lowest BCUT2D eigenvalue weighted by atomic mass is 9.97. The van der Waals surface area contributed by atoms with Gasteiger partial charge in [0.05, 0.1) is 12.7 Å². The topological polar surface area (TPSA) is 117 Å². The van der Waals surface area contributed by atoms with Gasteiger partial charge in [0, 0.05) is 42.3 Å². The summed E-state index contributed by atoms with van der Waals surface area (Å²) in [6, 6.07) is 0. The second-order valence-corrected chi connectivity index (χ2v) is 8.44.